The van der Waals surface area contributed by atoms with Crippen molar-refractivity contribution in [1.82, 2.24) is 10.6 Å². The van der Waals surface area contributed by atoms with Crippen molar-refractivity contribution in [3.8, 4) is 0 Å². The predicted molar refractivity (Wildman–Crippen MR) is 79.5 cm³/mol. The second-order valence-corrected chi connectivity index (χ2v) is 6.94. The molecule has 0 aromatic rings. The lowest BCUT2D eigenvalue weighted by atomic mass is 9.80. The molecule has 1 amide bonds. The van der Waals surface area contributed by atoms with E-state index in [2.05, 4.69) is 10.6 Å². The average molecular weight is 314 g/mol. The summed E-state index contributed by atoms with van der Waals surface area (Å²) in [6, 6.07) is 0.0404. The Morgan fingerprint density at radius 3 is 2.36 bits per heavy atom. The standard InChI is InChI=1S/C15H26N2O5/c1-5-21-12(18)15(17-13(19)22-14(2,3)4)6-10-8-20-9-11(7-15)16-10/h10-11,16H,5-9H2,1-4H3,(H,17,19). The first-order valence-electron chi connectivity index (χ1n) is 7.76. The number of morpholine rings is 1. The predicted octanol–water partition coefficient (Wildman–Crippen LogP) is 0.964. The van der Waals surface area contributed by atoms with Crippen molar-refractivity contribution in [2.75, 3.05) is 19.8 Å². The second-order valence-electron chi connectivity index (χ2n) is 6.94. The molecule has 2 saturated heterocycles. The summed E-state index contributed by atoms with van der Waals surface area (Å²) in [7, 11) is 0. The zero-order valence-corrected chi connectivity index (χ0v) is 13.7. The van der Waals surface area contributed by atoms with Gasteiger partial charge in [0, 0.05) is 12.1 Å². The van der Waals surface area contributed by atoms with Crippen LogP contribution in [0.2, 0.25) is 0 Å². The Bertz CT molecular complexity index is 420. The number of hydrogen-bond donors (Lipinski definition) is 2. The molecule has 7 heteroatoms. The summed E-state index contributed by atoms with van der Waals surface area (Å²) in [5.41, 5.74) is -1.67. The zero-order valence-electron chi connectivity index (χ0n) is 13.7. The summed E-state index contributed by atoms with van der Waals surface area (Å²) in [5, 5.41) is 6.17. The van der Waals surface area contributed by atoms with Gasteiger partial charge in [0.2, 0.25) is 0 Å². The van der Waals surface area contributed by atoms with E-state index in [-0.39, 0.29) is 18.7 Å². The topological polar surface area (TPSA) is 85.9 Å². The number of piperidine rings is 1. The van der Waals surface area contributed by atoms with Crippen molar-refractivity contribution in [3.05, 3.63) is 0 Å². The molecule has 2 unspecified atom stereocenters. The van der Waals surface area contributed by atoms with Crippen LogP contribution in [0.15, 0.2) is 0 Å². The number of esters is 1. The van der Waals surface area contributed by atoms with Crippen LogP contribution in [0.1, 0.15) is 40.5 Å². The first-order chi connectivity index (χ1) is 10.2. The maximum absolute atomic E-state index is 12.5. The van der Waals surface area contributed by atoms with Gasteiger partial charge in [-0.2, -0.15) is 0 Å². The van der Waals surface area contributed by atoms with Gasteiger partial charge in [0.05, 0.1) is 19.8 Å². The van der Waals surface area contributed by atoms with Crippen LogP contribution in [0.25, 0.3) is 0 Å². The summed E-state index contributed by atoms with van der Waals surface area (Å²) >= 11 is 0. The Kier molecular flexibility index (Phi) is 4.97. The van der Waals surface area contributed by atoms with E-state index in [9.17, 15) is 9.59 Å². The molecule has 2 fully saturated rings. The third-order valence-corrected chi connectivity index (χ3v) is 3.71. The molecule has 7 nitrogen and oxygen atoms in total. The molecule has 0 spiro atoms. The smallest absolute Gasteiger partial charge is 0.408 e. The molecule has 2 bridgehead atoms. The number of hydrogen-bond acceptors (Lipinski definition) is 6. The van der Waals surface area contributed by atoms with Crippen molar-refractivity contribution in [3.63, 3.8) is 0 Å². The summed E-state index contributed by atoms with van der Waals surface area (Å²) < 4.78 is 16.0. The Morgan fingerprint density at radius 1 is 1.27 bits per heavy atom. The van der Waals surface area contributed by atoms with E-state index in [1.807, 2.05) is 0 Å². The highest BCUT2D eigenvalue weighted by atomic mass is 16.6. The van der Waals surface area contributed by atoms with Gasteiger partial charge < -0.3 is 24.8 Å². The molecule has 2 N–H and O–H groups in total. The lowest BCUT2D eigenvalue weighted by molar-refractivity contribution is -0.155. The Morgan fingerprint density at radius 2 is 1.86 bits per heavy atom. The fourth-order valence-corrected chi connectivity index (χ4v) is 3.03. The van der Waals surface area contributed by atoms with Crippen LogP contribution in [0, 0.1) is 0 Å². The van der Waals surface area contributed by atoms with Gasteiger partial charge >= 0.3 is 12.1 Å². The van der Waals surface area contributed by atoms with Gasteiger partial charge in [0.15, 0.2) is 0 Å². The van der Waals surface area contributed by atoms with E-state index in [0.29, 0.717) is 26.1 Å². The molecule has 0 saturated carbocycles. The maximum Gasteiger partial charge on any atom is 0.408 e. The van der Waals surface area contributed by atoms with Crippen LogP contribution in [0.4, 0.5) is 4.79 Å². The van der Waals surface area contributed by atoms with Gasteiger partial charge in [-0.25, -0.2) is 9.59 Å². The number of carbonyl (C=O) groups is 2. The van der Waals surface area contributed by atoms with Crippen LogP contribution >= 0.6 is 0 Å². The molecule has 0 aromatic carbocycles. The van der Waals surface area contributed by atoms with Gasteiger partial charge in [0.25, 0.3) is 0 Å². The number of amides is 1. The van der Waals surface area contributed by atoms with Gasteiger partial charge in [-0.1, -0.05) is 0 Å². The molecular formula is C15H26N2O5. The largest absolute Gasteiger partial charge is 0.464 e. The van der Waals surface area contributed by atoms with Crippen molar-refractivity contribution < 1.29 is 23.8 Å². The van der Waals surface area contributed by atoms with Gasteiger partial charge in [-0.15, -0.1) is 0 Å². The fourth-order valence-electron chi connectivity index (χ4n) is 3.03. The number of ether oxygens (including phenoxy) is 3. The van der Waals surface area contributed by atoms with Gasteiger partial charge in [-0.3, -0.25) is 0 Å². The van der Waals surface area contributed by atoms with E-state index in [0.717, 1.165) is 0 Å². The maximum atomic E-state index is 12.5. The monoisotopic (exact) mass is 314 g/mol. The number of nitrogens with one attached hydrogen (secondary N) is 2. The first kappa shape index (κ1) is 17.0. The Hall–Kier alpha value is -1.34. The first-order valence-corrected chi connectivity index (χ1v) is 7.76. The molecule has 0 aromatic heterocycles. The molecule has 2 rings (SSSR count). The number of rotatable bonds is 3. The van der Waals surface area contributed by atoms with E-state index >= 15 is 0 Å². The minimum absolute atomic E-state index is 0.0202. The highest BCUT2D eigenvalue weighted by Crippen LogP contribution is 2.30. The number of carbonyl (C=O) groups excluding carboxylic acids is 2. The molecule has 2 atom stereocenters. The molecule has 22 heavy (non-hydrogen) atoms. The number of fused-ring (bicyclic) bond motifs is 2. The fraction of sp³-hybridized carbons (Fsp3) is 0.867. The second kappa shape index (κ2) is 6.42. The van der Waals surface area contributed by atoms with Crippen LogP contribution < -0.4 is 10.6 Å². The molecule has 0 radical (unpaired) electrons. The van der Waals surface area contributed by atoms with Gasteiger partial charge in [0.1, 0.15) is 11.1 Å². The summed E-state index contributed by atoms with van der Waals surface area (Å²) in [4.78, 5) is 24.7. The summed E-state index contributed by atoms with van der Waals surface area (Å²) in [6.07, 6.45) is 0.268. The van der Waals surface area contributed by atoms with E-state index in [1.165, 1.54) is 0 Å². The van der Waals surface area contributed by atoms with Crippen LogP contribution in [0.3, 0.4) is 0 Å². The molecule has 2 heterocycles. The lowest BCUT2D eigenvalue weighted by Crippen LogP contribution is -2.68. The highest BCUT2D eigenvalue weighted by molar-refractivity contribution is 5.86. The van der Waals surface area contributed by atoms with Crippen LogP contribution in [-0.4, -0.2) is 55.1 Å². The van der Waals surface area contributed by atoms with E-state index < -0.39 is 23.2 Å². The lowest BCUT2D eigenvalue weighted by Gasteiger charge is -2.46. The SMILES string of the molecule is CCOC(=O)C1(NC(=O)OC(C)(C)C)CC2COCC(C1)N2. The van der Waals surface area contributed by atoms with Crippen molar-refractivity contribution in [1.29, 1.82) is 0 Å². The Labute approximate surface area is 131 Å². The third kappa shape index (κ3) is 4.10. The molecule has 2 aliphatic heterocycles. The minimum Gasteiger partial charge on any atom is -0.464 e. The normalized spacial score (nSPS) is 31.3. The van der Waals surface area contributed by atoms with Crippen molar-refractivity contribution in [2.45, 2.75) is 63.8 Å². The highest BCUT2D eigenvalue weighted by Gasteiger charge is 2.50. The van der Waals surface area contributed by atoms with Gasteiger partial charge in [-0.05, 0) is 40.5 Å². The molecule has 2 aliphatic rings. The molecular weight excluding hydrogens is 288 g/mol. The van der Waals surface area contributed by atoms with Crippen LogP contribution in [-0.2, 0) is 19.0 Å². The van der Waals surface area contributed by atoms with Crippen LogP contribution in [0.5, 0.6) is 0 Å². The average Bonchev–Trinajstić information content (AvgIpc) is 2.36. The van der Waals surface area contributed by atoms with E-state index in [4.69, 9.17) is 14.2 Å². The Balaban J connectivity index is 2.15. The molecule has 0 aliphatic carbocycles. The van der Waals surface area contributed by atoms with Crippen molar-refractivity contribution in [2.24, 2.45) is 0 Å². The zero-order chi connectivity index (χ0) is 16.4. The summed E-state index contributed by atoms with van der Waals surface area (Å²) in [6.45, 7) is 8.43. The van der Waals surface area contributed by atoms with E-state index in [1.54, 1.807) is 27.7 Å². The minimum atomic E-state index is -1.05. The molecule has 126 valence electrons. The van der Waals surface area contributed by atoms with Crippen molar-refractivity contribution >= 4 is 12.1 Å². The third-order valence-electron chi connectivity index (χ3n) is 3.71. The number of alkyl carbamates (subject to hydrolysis) is 1. The summed E-state index contributed by atoms with van der Waals surface area (Å²) in [5.74, 6) is -0.403. The quantitative estimate of drug-likeness (QED) is 0.755.